The Morgan fingerprint density at radius 2 is 1.71 bits per heavy atom. The summed E-state index contributed by atoms with van der Waals surface area (Å²) in [4.78, 5) is 13.8. The van der Waals surface area contributed by atoms with E-state index in [1.165, 1.54) is 12.7 Å². The van der Waals surface area contributed by atoms with Crippen molar-refractivity contribution < 1.29 is 14.3 Å². The van der Waals surface area contributed by atoms with Gasteiger partial charge in [0, 0.05) is 9.79 Å². The number of hydrogen-bond donors (Lipinski definition) is 0. The van der Waals surface area contributed by atoms with Gasteiger partial charge >= 0.3 is 5.97 Å². The van der Waals surface area contributed by atoms with Crippen LogP contribution in [-0.2, 0) is 11.2 Å². The maximum Gasteiger partial charge on any atom is 0.341 e. The Hall–Kier alpha value is -1.94. The third kappa shape index (κ3) is 3.79. The van der Waals surface area contributed by atoms with Gasteiger partial charge in [0.2, 0.25) is 0 Å². The number of benzene rings is 2. The van der Waals surface area contributed by atoms with Crippen LogP contribution in [0.15, 0.2) is 52.3 Å². The van der Waals surface area contributed by atoms with Crippen molar-refractivity contribution in [1.29, 1.82) is 0 Å². The van der Waals surface area contributed by atoms with Crippen LogP contribution in [0, 0.1) is 0 Å². The zero-order valence-electron chi connectivity index (χ0n) is 12.4. The highest BCUT2D eigenvalue weighted by Crippen LogP contribution is 2.32. The smallest absolute Gasteiger partial charge is 0.341 e. The number of rotatable bonds is 5. The van der Waals surface area contributed by atoms with Crippen molar-refractivity contribution in [3.63, 3.8) is 0 Å². The predicted molar refractivity (Wildman–Crippen MR) is 84.3 cm³/mol. The topological polar surface area (TPSA) is 35.5 Å². The maximum absolute atomic E-state index is 11.6. The quantitative estimate of drug-likeness (QED) is 0.776. The third-order valence-electron chi connectivity index (χ3n) is 3.15. The van der Waals surface area contributed by atoms with E-state index in [0.29, 0.717) is 11.3 Å². The first-order valence-corrected chi connectivity index (χ1v) is 7.52. The fourth-order valence-electron chi connectivity index (χ4n) is 1.94. The summed E-state index contributed by atoms with van der Waals surface area (Å²) in [7, 11) is 2.91. The summed E-state index contributed by atoms with van der Waals surface area (Å²) in [6.45, 7) is 2.14. The molecule has 0 atom stereocenters. The van der Waals surface area contributed by atoms with Crippen LogP contribution >= 0.6 is 11.8 Å². The van der Waals surface area contributed by atoms with Gasteiger partial charge < -0.3 is 9.47 Å². The van der Waals surface area contributed by atoms with E-state index in [4.69, 9.17) is 9.47 Å². The van der Waals surface area contributed by atoms with Crippen LogP contribution in [0.1, 0.15) is 22.8 Å². The normalized spacial score (nSPS) is 10.2. The fraction of sp³-hybridized carbons (Fsp3) is 0.235. The summed E-state index contributed by atoms with van der Waals surface area (Å²) in [6.07, 6.45) is 1.03. The number of ether oxygens (including phenoxy) is 2. The van der Waals surface area contributed by atoms with Gasteiger partial charge in [0.05, 0.1) is 14.2 Å². The van der Waals surface area contributed by atoms with Crippen LogP contribution < -0.4 is 4.74 Å². The molecule has 0 heterocycles. The van der Waals surface area contributed by atoms with Crippen LogP contribution in [0.25, 0.3) is 0 Å². The standard InChI is InChI=1S/C17H18O3S/c1-4-12-5-7-13(8-6-12)21-14-9-10-15(17(18)20-3)16(11-14)19-2/h5-11H,4H2,1-3H3. The molecule has 0 aromatic heterocycles. The minimum Gasteiger partial charge on any atom is -0.496 e. The van der Waals surface area contributed by atoms with Crippen LogP contribution in [0.5, 0.6) is 5.75 Å². The molecule has 0 N–H and O–H groups in total. The molecule has 0 unspecified atom stereocenters. The molecule has 0 aliphatic rings. The van der Waals surface area contributed by atoms with Crippen LogP contribution in [0.2, 0.25) is 0 Å². The monoisotopic (exact) mass is 302 g/mol. The first-order valence-electron chi connectivity index (χ1n) is 6.71. The Morgan fingerprint density at radius 3 is 2.29 bits per heavy atom. The average molecular weight is 302 g/mol. The number of carbonyl (C=O) groups is 1. The van der Waals surface area contributed by atoms with Gasteiger partial charge in [0.15, 0.2) is 0 Å². The van der Waals surface area contributed by atoms with Gasteiger partial charge in [0.25, 0.3) is 0 Å². The fourth-order valence-corrected chi connectivity index (χ4v) is 2.79. The third-order valence-corrected chi connectivity index (χ3v) is 4.14. The maximum atomic E-state index is 11.6. The molecule has 2 aromatic carbocycles. The molecular formula is C17H18O3S. The van der Waals surface area contributed by atoms with Crippen LogP contribution in [0.3, 0.4) is 0 Å². The summed E-state index contributed by atoms with van der Waals surface area (Å²) in [6, 6.07) is 13.9. The molecule has 4 heteroatoms. The molecule has 21 heavy (non-hydrogen) atoms. The van der Waals surface area contributed by atoms with Crippen molar-refractivity contribution in [2.24, 2.45) is 0 Å². The predicted octanol–water partition coefficient (Wildman–Crippen LogP) is 4.20. The zero-order chi connectivity index (χ0) is 15.2. The largest absolute Gasteiger partial charge is 0.496 e. The second-order valence-corrected chi connectivity index (χ2v) is 5.60. The molecule has 0 aliphatic carbocycles. The van der Waals surface area contributed by atoms with Gasteiger partial charge in [-0.05, 0) is 42.3 Å². The zero-order valence-corrected chi connectivity index (χ0v) is 13.2. The molecule has 2 aromatic rings. The molecule has 0 radical (unpaired) electrons. The molecule has 2 rings (SSSR count). The van der Waals surface area contributed by atoms with Gasteiger partial charge in [-0.15, -0.1) is 0 Å². The van der Waals surface area contributed by atoms with E-state index in [2.05, 4.69) is 31.2 Å². The summed E-state index contributed by atoms with van der Waals surface area (Å²) in [5, 5.41) is 0. The molecule has 0 bridgehead atoms. The van der Waals surface area contributed by atoms with Crippen molar-refractivity contribution in [1.82, 2.24) is 0 Å². The highest BCUT2D eigenvalue weighted by atomic mass is 32.2. The summed E-state index contributed by atoms with van der Waals surface area (Å²) < 4.78 is 10.0. The van der Waals surface area contributed by atoms with Crippen molar-refractivity contribution >= 4 is 17.7 Å². The van der Waals surface area contributed by atoms with E-state index in [9.17, 15) is 4.79 Å². The molecule has 0 saturated carbocycles. The average Bonchev–Trinajstić information content (AvgIpc) is 2.54. The Kier molecular flexibility index (Phi) is 5.28. The lowest BCUT2D eigenvalue weighted by Gasteiger charge is -2.09. The molecule has 0 amide bonds. The van der Waals surface area contributed by atoms with Crippen molar-refractivity contribution in [3.8, 4) is 5.75 Å². The molecular weight excluding hydrogens is 284 g/mol. The molecule has 0 fully saturated rings. The Balaban J connectivity index is 2.22. The van der Waals surface area contributed by atoms with Crippen LogP contribution in [-0.4, -0.2) is 20.2 Å². The lowest BCUT2D eigenvalue weighted by atomic mass is 10.2. The molecule has 3 nitrogen and oxygen atoms in total. The van der Waals surface area contributed by atoms with Gasteiger partial charge in [0.1, 0.15) is 11.3 Å². The first kappa shape index (κ1) is 15.4. The van der Waals surface area contributed by atoms with Gasteiger partial charge in [-0.2, -0.15) is 0 Å². The van der Waals surface area contributed by atoms with Crippen molar-refractivity contribution in [3.05, 3.63) is 53.6 Å². The minimum atomic E-state index is -0.393. The van der Waals surface area contributed by atoms with Gasteiger partial charge in [-0.25, -0.2) is 4.79 Å². The van der Waals surface area contributed by atoms with E-state index in [0.717, 1.165) is 16.2 Å². The van der Waals surface area contributed by atoms with Crippen molar-refractivity contribution in [2.75, 3.05) is 14.2 Å². The van der Waals surface area contributed by atoms with E-state index in [1.54, 1.807) is 24.9 Å². The number of esters is 1. The van der Waals surface area contributed by atoms with E-state index < -0.39 is 5.97 Å². The van der Waals surface area contributed by atoms with Gasteiger partial charge in [-0.1, -0.05) is 30.8 Å². The van der Waals surface area contributed by atoms with E-state index in [-0.39, 0.29) is 0 Å². The Labute approximate surface area is 129 Å². The molecule has 0 saturated heterocycles. The highest BCUT2D eigenvalue weighted by Gasteiger charge is 2.13. The van der Waals surface area contributed by atoms with E-state index in [1.807, 2.05) is 12.1 Å². The second-order valence-electron chi connectivity index (χ2n) is 4.45. The number of aryl methyl sites for hydroxylation is 1. The molecule has 0 aliphatic heterocycles. The highest BCUT2D eigenvalue weighted by molar-refractivity contribution is 7.99. The SMILES string of the molecule is CCc1ccc(Sc2ccc(C(=O)OC)c(OC)c2)cc1. The molecule has 110 valence electrons. The number of methoxy groups -OCH3 is 2. The lowest BCUT2D eigenvalue weighted by Crippen LogP contribution is -2.03. The van der Waals surface area contributed by atoms with E-state index >= 15 is 0 Å². The number of hydrogen-bond acceptors (Lipinski definition) is 4. The van der Waals surface area contributed by atoms with Crippen LogP contribution in [0.4, 0.5) is 0 Å². The first-order chi connectivity index (χ1) is 10.2. The Bertz CT molecular complexity index is 620. The van der Waals surface area contributed by atoms with Gasteiger partial charge in [-0.3, -0.25) is 0 Å². The summed E-state index contributed by atoms with van der Waals surface area (Å²) >= 11 is 1.63. The minimum absolute atomic E-state index is 0.393. The second kappa shape index (κ2) is 7.18. The molecule has 0 spiro atoms. The Morgan fingerprint density at radius 1 is 1.05 bits per heavy atom. The summed E-state index contributed by atoms with van der Waals surface area (Å²) in [5.74, 6) is 0.132. The number of carbonyl (C=O) groups excluding carboxylic acids is 1. The summed E-state index contributed by atoms with van der Waals surface area (Å²) in [5.41, 5.74) is 1.75. The van der Waals surface area contributed by atoms with Crippen molar-refractivity contribution in [2.45, 2.75) is 23.1 Å². The lowest BCUT2D eigenvalue weighted by molar-refractivity contribution is 0.0597.